The first-order valence-electron chi connectivity index (χ1n) is 8.69. The van der Waals surface area contributed by atoms with Gasteiger partial charge < -0.3 is 19.9 Å². The van der Waals surface area contributed by atoms with Crippen LogP contribution in [0.4, 0.5) is 5.95 Å². The minimum atomic E-state index is -1.05. The maximum absolute atomic E-state index is 10.7. The Kier molecular flexibility index (Phi) is 6.06. The van der Waals surface area contributed by atoms with Gasteiger partial charge in [-0.2, -0.15) is 0 Å². The highest BCUT2D eigenvalue weighted by Gasteiger charge is 2.09. The number of ether oxygens (including phenoxy) is 2. The standard InChI is InChI=1S/C21H21N3O4/c1-14-4-3-5-15(8-14)10-22-21-23-11-17(12-24-21)16-6-7-18(19(9-16)27-2)28-13-20(25)26/h3-9,11-12H,10,13H2,1-2H3,(H,25,26)(H,22,23,24). The number of methoxy groups -OCH3 is 1. The van der Waals surface area contributed by atoms with Crippen LogP contribution < -0.4 is 14.8 Å². The van der Waals surface area contributed by atoms with Crippen molar-refractivity contribution in [2.24, 2.45) is 0 Å². The third-order valence-corrected chi connectivity index (χ3v) is 4.03. The molecule has 28 heavy (non-hydrogen) atoms. The number of nitrogens with zero attached hydrogens (tertiary/aromatic N) is 2. The van der Waals surface area contributed by atoms with E-state index in [9.17, 15) is 4.79 Å². The molecule has 2 N–H and O–H groups in total. The maximum atomic E-state index is 10.7. The Morgan fingerprint density at radius 3 is 2.54 bits per heavy atom. The van der Waals surface area contributed by atoms with Crippen LogP contribution in [0.25, 0.3) is 11.1 Å². The summed E-state index contributed by atoms with van der Waals surface area (Å²) in [5.74, 6) is 0.304. The molecular weight excluding hydrogens is 358 g/mol. The number of aryl methyl sites for hydroxylation is 1. The molecule has 0 aliphatic carbocycles. The summed E-state index contributed by atoms with van der Waals surface area (Å²) in [6.07, 6.45) is 3.44. The summed E-state index contributed by atoms with van der Waals surface area (Å²) >= 11 is 0. The fourth-order valence-electron chi connectivity index (χ4n) is 2.68. The molecule has 0 spiro atoms. The maximum Gasteiger partial charge on any atom is 0.341 e. The highest BCUT2D eigenvalue weighted by atomic mass is 16.5. The third kappa shape index (κ3) is 4.97. The molecule has 144 valence electrons. The van der Waals surface area contributed by atoms with E-state index in [-0.39, 0.29) is 0 Å². The number of rotatable bonds is 8. The molecule has 7 heteroatoms. The van der Waals surface area contributed by atoms with Crippen LogP contribution in [-0.2, 0) is 11.3 Å². The lowest BCUT2D eigenvalue weighted by atomic mass is 10.1. The molecule has 0 unspecified atom stereocenters. The second-order valence-electron chi connectivity index (χ2n) is 6.19. The fraction of sp³-hybridized carbons (Fsp3) is 0.190. The van der Waals surface area contributed by atoms with E-state index in [1.165, 1.54) is 12.7 Å². The lowest BCUT2D eigenvalue weighted by Crippen LogP contribution is -2.10. The molecule has 7 nitrogen and oxygen atoms in total. The molecule has 0 aliphatic rings. The van der Waals surface area contributed by atoms with Gasteiger partial charge in [0.1, 0.15) is 0 Å². The average molecular weight is 379 g/mol. The number of aliphatic carboxylic acids is 1. The van der Waals surface area contributed by atoms with Crippen LogP contribution >= 0.6 is 0 Å². The number of nitrogens with one attached hydrogen (secondary N) is 1. The molecule has 0 saturated carbocycles. The Morgan fingerprint density at radius 1 is 1.07 bits per heavy atom. The van der Waals surface area contributed by atoms with Crippen molar-refractivity contribution in [2.45, 2.75) is 13.5 Å². The first-order valence-corrected chi connectivity index (χ1v) is 8.69. The topological polar surface area (TPSA) is 93.6 Å². The monoisotopic (exact) mass is 379 g/mol. The van der Waals surface area contributed by atoms with Crippen molar-refractivity contribution in [3.8, 4) is 22.6 Å². The summed E-state index contributed by atoms with van der Waals surface area (Å²) in [5.41, 5.74) is 4.02. The van der Waals surface area contributed by atoms with Crippen molar-refractivity contribution < 1.29 is 19.4 Å². The molecule has 0 fully saturated rings. The van der Waals surface area contributed by atoms with E-state index in [1.54, 1.807) is 30.6 Å². The lowest BCUT2D eigenvalue weighted by molar-refractivity contribution is -0.139. The minimum Gasteiger partial charge on any atom is -0.493 e. The average Bonchev–Trinajstić information content (AvgIpc) is 2.71. The van der Waals surface area contributed by atoms with Gasteiger partial charge in [0.2, 0.25) is 5.95 Å². The van der Waals surface area contributed by atoms with Gasteiger partial charge in [-0.15, -0.1) is 0 Å². The number of carboxylic acid groups (broad SMARTS) is 1. The summed E-state index contributed by atoms with van der Waals surface area (Å²) in [4.78, 5) is 19.4. The summed E-state index contributed by atoms with van der Waals surface area (Å²) in [7, 11) is 1.50. The number of aromatic nitrogens is 2. The van der Waals surface area contributed by atoms with Gasteiger partial charge in [-0.25, -0.2) is 14.8 Å². The molecular formula is C21H21N3O4. The predicted octanol–water partition coefficient (Wildman–Crippen LogP) is 3.54. The summed E-state index contributed by atoms with van der Waals surface area (Å²) < 4.78 is 10.5. The Balaban J connectivity index is 1.69. The smallest absolute Gasteiger partial charge is 0.341 e. The van der Waals surface area contributed by atoms with Gasteiger partial charge in [-0.1, -0.05) is 35.9 Å². The van der Waals surface area contributed by atoms with Gasteiger partial charge >= 0.3 is 5.97 Å². The highest BCUT2D eigenvalue weighted by molar-refractivity contribution is 5.69. The van der Waals surface area contributed by atoms with Crippen molar-refractivity contribution in [3.63, 3.8) is 0 Å². The molecule has 0 radical (unpaired) electrons. The third-order valence-electron chi connectivity index (χ3n) is 4.03. The zero-order valence-electron chi connectivity index (χ0n) is 15.7. The highest BCUT2D eigenvalue weighted by Crippen LogP contribution is 2.32. The minimum absolute atomic E-state index is 0.367. The second kappa shape index (κ2) is 8.85. The predicted molar refractivity (Wildman–Crippen MR) is 106 cm³/mol. The fourth-order valence-corrected chi connectivity index (χ4v) is 2.68. The number of carboxylic acids is 1. The van der Waals surface area contributed by atoms with E-state index in [1.807, 2.05) is 6.07 Å². The Hall–Kier alpha value is -3.61. The van der Waals surface area contributed by atoms with Crippen molar-refractivity contribution in [1.82, 2.24) is 9.97 Å². The summed E-state index contributed by atoms with van der Waals surface area (Å²) in [5, 5.41) is 11.9. The number of benzene rings is 2. The molecule has 1 heterocycles. The molecule has 3 aromatic rings. The van der Waals surface area contributed by atoms with E-state index >= 15 is 0 Å². The van der Waals surface area contributed by atoms with Gasteiger partial charge in [0, 0.05) is 24.5 Å². The van der Waals surface area contributed by atoms with Crippen LogP contribution in [0.1, 0.15) is 11.1 Å². The molecule has 0 amide bonds. The number of anilines is 1. The van der Waals surface area contributed by atoms with Gasteiger partial charge in [0.15, 0.2) is 18.1 Å². The van der Waals surface area contributed by atoms with Crippen LogP contribution in [0.15, 0.2) is 54.9 Å². The van der Waals surface area contributed by atoms with Gasteiger partial charge in [-0.3, -0.25) is 0 Å². The van der Waals surface area contributed by atoms with Crippen LogP contribution in [-0.4, -0.2) is 34.8 Å². The van der Waals surface area contributed by atoms with Crippen LogP contribution in [0, 0.1) is 6.92 Å². The Morgan fingerprint density at radius 2 is 1.86 bits per heavy atom. The summed E-state index contributed by atoms with van der Waals surface area (Å²) in [6.45, 7) is 2.27. The van der Waals surface area contributed by atoms with E-state index in [0.717, 1.165) is 16.7 Å². The second-order valence-corrected chi connectivity index (χ2v) is 6.19. The molecule has 1 aromatic heterocycles. The quantitative estimate of drug-likeness (QED) is 0.618. The lowest BCUT2D eigenvalue weighted by Gasteiger charge is -2.11. The van der Waals surface area contributed by atoms with E-state index in [4.69, 9.17) is 14.6 Å². The zero-order chi connectivity index (χ0) is 19.9. The van der Waals surface area contributed by atoms with E-state index in [0.29, 0.717) is 24.0 Å². The molecule has 2 aromatic carbocycles. The van der Waals surface area contributed by atoms with Gasteiger partial charge in [-0.05, 0) is 30.2 Å². The van der Waals surface area contributed by atoms with E-state index in [2.05, 4.69) is 40.4 Å². The largest absolute Gasteiger partial charge is 0.493 e. The van der Waals surface area contributed by atoms with Crippen molar-refractivity contribution in [1.29, 1.82) is 0 Å². The summed E-state index contributed by atoms with van der Waals surface area (Å²) in [6, 6.07) is 13.5. The Labute approximate surface area is 163 Å². The molecule has 0 atom stereocenters. The SMILES string of the molecule is COc1cc(-c2cnc(NCc3cccc(C)c3)nc2)ccc1OCC(=O)O. The first-order chi connectivity index (χ1) is 13.5. The molecule has 0 saturated heterocycles. The van der Waals surface area contributed by atoms with Gasteiger partial charge in [0.25, 0.3) is 0 Å². The number of carbonyl (C=O) groups is 1. The van der Waals surface area contributed by atoms with Gasteiger partial charge in [0.05, 0.1) is 7.11 Å². The molecule has 3 rings (SSSR count). The zero-order valence-corrected chi connectivity index (χ0v) is 15.7. The van der Waals surface area contributed by atoms with Crippen LogP contribution in [0.5, 0.6) is 11.5 Å². The molecule has 0 bridgehead atoms. The van der Waals surface area contributed by atoms with Crippen LogP contribution in [0.3, 0.4) is 0 Å². The van der Waals surface area contributed by atoms with E-state index < -0.39 is 12.6 Å². The van der Waals surface area contributed by atoms with Crippen molar-refractivity contribution >= 4 is 11.9 Å². The Bertz CT molecular complexity index is 958. The van der Waals surface area contributed by atoms with Crippen molar-refractivity contribution in [2.75, 3.05) is 19.0 Å². The first kappa shape index (κ1) is 19.2. The number of hydrogen-bond acceptors (Lipinski definition) is 6. The normalized spacial score (nSPS) is 10.4. The van der Waals surface area contributed by atoms with Crippen molar-refractivity contribution in [3.05, 3.63) is 66.0 Å². The van der Waals surface area contributed by atoms with Crippen LogP contribution in [0.2, 0.25) is 0 Å². The number of hydrogen-bond donors (Lipinski definition) is 2. The molecule has 0 aliphatic heterocycles.